The van der Waals surface area contributed by atoms with Crippen LogP contribution in [0.2, 0.25) is 0 Å². The van der Waals surface area contributed by atoms with Crippen molar-refractivity contribution in [3.8, 4) is 6.07 Å². The molecule has 2 aromatic rings. The Balaban J connectivity index is 1.51. The predicted octanol–water partition coefficient (Wildman–Crippen LogP) is 3.02. The summed E-state index contributed by atoms with van der Waals surface area (Å²) in [5.41, 5.74) is 3.04. The number of carbonyl (C=O) groups is 1. The first kappa shape index (κ1) is 24.2. The lowest BCUT2D eigenvalue weighted by Crippen LogP contribution is -2.37. The molecule has 2 N–H and O–H groups in total. The third kappa shape index (κ3) is 6.32. The SMILES string of the molecule is N#Cc1ccc(NC(=O)CONC2=CCN(S(=O)(=O)c3cccc(C(F)(F)F)c3)CC2)cc1. The molecule has 0 aliphatic carbocycles. The minimum Gasteiger partial charge on any atom is -0.324 e. The number of nitriles is 1. The summed E-state index contributed by atoms with van der Waals surface area (Å²) in [6.45, 7) is -0.372. The van der Waals surface area contributed by atoms with Gasteiger partial charge in [-0.05, 0) is 48.5 Å². The smallest absolute Gasteiger partial charge is 0.324 e. The van der Waals surface area contributed by atoms with Crippen molar-refractivity contribution in [2.24, 2.45) is 0 Å². The second-order valence-electron chi connectivity index (χ2n) is 7.00. The van der Waals surface area contributed by atoms with Crippen LogP contribution >= 0.6 is 0 Å². The van der Waals surface area contributed by atoms with E-state index in [1.54, 1.807) is 24.3 Å². The summed E-state index contributed by atoms with van der Waals surface area (Å²) in [6.07, 6.45) is -2.91. The van der Waals surface area contributed by atoms with Crippen LogP contribution in [0.3, 0.4) is 0 Å². The van der Waals surface area contributed by atoms with E-state index in [1.807, 2.05) is 6.07 Å². The molecule has 0 spiro atoms. The maximum Gasteiger partial charge on any atom is 0.416 e. The fourth-order valence-corrected chi connectivity index (χ4v) is 4.39. The summed E-state index contributed by atoms with van der Waals surface area (Å²) in [6, 6.07) is 11.8. The lowest BCUT2D eigenvalue weighted by Gasteiger charge is -2.26. The molecule has 0 saturated carbocycles. The van der Waals surface area contributed by atoms with Gasteiger partial charge in [-0.3, -0.25) is 15.1 Å². The Kier molecular flexibility index (Phi) is 7.37. The van der Waals surface area contributed by atoms with Crippen LogP contribution in [-0.2, 0) is 25.8 Å². The van der Waals surface area contributed by atoms with Crippen molar-refractivity contribution in [1.29, 1.82) is 5.26 Å². The van der Waals surface area contributed by atoms with Crippen molar-refractivity contribution in [3.05, 3.63) is 71.4 Å². The van der Waals surface area contributed by atoms with Crippen molar-refractivity contribution in [3.63, 3.8) is 0 Å². The molecule has 3 rings (SSSR count). The van der Waals surface area contributed by atoms with Crippen LogP contribution in [0.25, 0.3) is 0 Å². The normalized spacial score (nSPS) is 14.8. The van der Waals surface area contributed by atoms with E-state index in [0.29, 0.717) is 23.0 Å². The van der Waals surface area contributed by atoms with Crippen LogP contribution in [0.5, 0.6) is 0 Å². The van der Waals surface area contributed by atoms with E-state index in [4.69, 9.17) is 10.1 Å². The fraction of sp³-hybridized carbons (Fsp3) is 0.238. The summed E-state index contributed by atoms with van der Waals surface area (Å²) in [7, 11) is -4.11. The van der Waals surface area contributed by atoms with Crippen LogP contribution in [0, 0.1) is 11.3 Å². The van der Waals surface area contributed by atoms with Gasteiger partial charge in [0.1, 0.15) is 0 Å². The molecule has 0 fully saturated rings. The largest absolute Gasteiger partial charge is 0.416 e. The number of carbonyl (C=O) groups excluding carboxylic acids is 1. The van der Waals surface area contributed by atoms with Crippen LogP contribution in [0.4, 0.5) is 18.9 Å². The van der Waals surface area contributed by atoms with Crippen molar-refractivity contribution in [1.82, 2.24) is 9.79 Å². The Hall–Kier alpha value is -3.40. The second-order valence-corrected chi connectivity index (χ2v) is 8.93. The minimum atomic E-state index is -4.64. The number of halogens is 3. The molecule has 1 heterocycles. The molecule has 0 atom stereocenters. The van der Waals surface area contributed by atoms with Crippen LogP contribution in [-0.4, -0.2) is 38.3 Å². The number of sulfonamides is 1. The quantitative estimate of drug-likeness (QED) is 0.590. The predicted molar refractivity (Wildman–Crippen MR) is 112 cm³/mol. The van der Waals surface area contributed by atoms with Gasteiger partial charge in [0.25, 0.3) is 5.91 Å². The van der Waals surface area contributed by atoms with E-state index in [9.17, 15) is 26.4 Å². The molecule has 12 heteroatoms. The molecule has 1 amide bonds. The number of anilines is 1. The van der Waals surface area contributed by atoms with Gasteiger partial charge in [-0.25, -0.2) is 8.42 Å². The molecule has 33 heavy (non-hydrogen) atoms. The van der Waals surface area contributed by atoms with Gasteiger partial charge in [0.2, 0.25) is 10.0 Å². The standard InChI is InChI=1S/C21H19F3N4O4S/c22-21(23,24)16-2-1-3-19(12-16)33(30,31)28-10-8-18(9-11-28)27-32-14-20(29)26-17-6-4-15(13-25)5-7-17/h1-8,12,27H,9-11,14H2,(H,26,29). The van der Waals surface area contributed by atoms with Crippen LogP contribution < -0.4 is 10.8 Å². The highest BCUT2D eigenvalue weighted by molar-refractivity contribution is 7.89. The fourth-order valence-electron chi connectivity index (χ4n) is 2.96. The number of alkyl halides is 3. The van der Waals surface area contributed by atoms with Crippen molar-refractivity contribution in [2.75, 3.05) is 25.0 Å². The van der Waals surface area contributed by atoms with E-state index in [-0.39, 0.29) is 26.1 Å². The lowest BCUT2D eigenvalue weighted by atomic mass is 10.2. The summed E-state index contributed by atoms with van der Waals surface area (Å²) in [5.74, 6) is -0.447. The van der Waals surface area contributed by atoms with E-state index in [1.165, 1.54) is 6.08 Å². The van der Waals surface area contributed by atoms with Gasteiger partial charge < -0.3 is 5.32 Å². The van der Waals surface area contributed by atoms with Gasteiger partial charge in [-0.1, -0.05) is 6.07 Å². The second kappa shape index (κ2) is 10.0. The Morgan fingerprint density at radius 3 is 2.52 bits per heavy atom. The average molecular weight is 480 g/mol. The van der Waals surface area contributed by atoms with Gasteiger partial charge in [0, 0.05) is 30.9 Å². The summed E-state index contributed by atoms with van der Waals surface area (Å²) < 4.78 is 65.1. The maximum absolute atomic E-state index is 12.9. The molecule has 0 bridgehead atoms. The van der Waals surface area contributed by atoms with Gasteiger partial charge in [-0.2, -0.15) is 22.7 Å². The first-order chi connectivity index (χ1) is 15.6. The van der Waals surface area contributed by atoms with Crippen molar-refractivity contribution >= 4 is 21.6 Å². The molecule has 0 radical (unpaired) electrons. The zero-order chi connectivity index (χ0) is 24.1. The third-order valence-corrected chi connectivity index (χ3v) is 6.54. The van der Waals surface area contributed by atoms with Crippen LogP contribution in [0.15, 0.2) is 65.2 Å². The monoisotopic (exact) mass is 480 g/mol. The molecular weight excluding hydrogens is 461 g/mol. The van der Waals surface area contributed by atoms with Crippen molar-refractivity contribution < 1.29 is 31.2 Å². The van der Waals surface area contributed by atoms with E-state index >= 15 is 0 Å². The summed E-state index contributed by atoms with van der Waals surface area (Å²) >= 11 is 0. The first-order valence-electron chi connectivity index (χ1n) is 9.64. The zero-order valence-corrected chi connectivity index (χ0v) is 17.9. The Morgan fingerprint density at radius 2 is 1.91 bits per heavy atom. The number of rotatable bonds is 7. The van der Waals surface area contributed by atoms with Crippen molar-refractivity contribution in [2.45, 2.75) is 17.5 Å². The number of amides is 1. The highest BCUT2D eigenvalue weighted by Crippen LogP contribution is 2.31. The number of hydroxylamine groups is 1. The highest BCUT2D eigenvalue weighted by atomic mass is 32.2. The molecule has 0 aromatic heterocycles. The van der Waals surface area contributed by atoms with Gasteiger partial charge in [0.15, 0.2) is 6.61 Å². The molecule has 2 aromatic carbocycles. The summed E-state index contributed by atoms with van der Waals surface area (Å²) in [5, 5.41) is 11.4. The molecular formula is C21H19F3N4O4S. The zero-order valence-electron chi connectivity index (χ0n) is 17.1. The maximum atomic E-state index is 12.9. The molecule has 1 aliphatic rings. The Labute approximate surface area is 188 Å². The number of nitrogens with zero attached hydrogens (tertiary/aromatic N) is 2. The molecule has 0 unspecified atom stereocenters. The Bertz CT molecular complexity index is 1190. The average Bonchev–Trinajstić information content (AvgIpc) is 2.79. The van der Waals surface area contributed by atoms with E-state index in [2.05, 4.69) is 10.8 Å². The van der Waals surface area contributed by atoms with Gasteiger partial charge in [-0.15, -0.1) is 0 Å². The topological polar surface area (TPSA) is 112 Å². The Morgan fingerprint density at radius 1 is 1.18 bits per heavy atom. The summed E-state index contributed by atoms with van der Waals surface area (Å²) in [4.78, 5) is 16.6. The number of benzene rings is 2. The first-order valence-corrected chi connectivity index (χ1v) is 11.1. The molecule has 174 valence electrons. The highest BCUT2D eigenvalue weighted by Gasteiger charge is 2.33. The molecule has 0 saturated heterocycles. The van der Waals surface area contributed by atoms with E-state index < -0.39 is 32.6 Å². The van der Waals surface area contributed by atoms with Gasteiger partial charge >= 0.3 is 6.18 Å². The van der Waals surface area contributed by atoms with Crippen LogP contribution in [0.1, 0.15) is 17.5 Å². The number of hydrogen-bond donors (Lipinski definition) is 2. The van der Waals surface area contributed by atoms with Gasteiger partial charge in [0.05, 0.1) is 22.1 Å². The number of hydrogen-bond acceptors (Lipinski definition) is 6. The molecule has 8 nitrogen and oxygen atoms in total. The minimum absolute atomic E-state index is 0.0260. The molecule has 1 aliphatic heterocycles. The van der Waals surface area contributed by atoms with E-state index in [0.717, 1.165) is 22.5 Å². The number of nitrogens with one attached hydrogen (secondary N) is 2. The lowest BCUT2D eigenvalue weighted by molar-refractivity contribution is -0.137. The third-order valence-electron chi connectivity index (χ3n) is 4.68.